The first kappa shape index (κ1) is 18.2. The average Bonchev–Trinajstić information content (AvgIpc) is 2.73. The van der Waals surface area contributed by atoms with Crippen molar-refractivity contribution in [2.24, 2.45) is 0 Å². The summed E-state index contributed by atoms with van der Waals surface area (Å²) in [6.45, 7) is 0. The summed E-state index contributed by atoms with van der Waals surface area (Å²) in [6.07, 6.45) is -0.479. The van der Waals surface area contributed by atoms with Gasteiger partial charge in [0.25, 0.3) is 0 Å². The number of hydrogen-bond acceptors (Lipinski definition) is 4. The molecule has 0 aliphatic carbocycles. The van der Waals surface area contributed by atoms with E-state index in [0.29, 0.717) is 4.90 Å². The first-order chi connectivity index (χ1) is 12.7. The van der Waals surface area contributed by atoms with Crippen LogP contribution in [0.5, 0.6) is 11.5 Å². The summed E-state index contributed by atoms with van der Waals surface area (Å²) in [7, 11) is 3.24. The third-order valence-electron chi connectivity index (χ3n) is 3.96. The van der Waals surface area contributed by atoms with E-state index < -0.39 is 17.2 Å². The number of hydrogen-bond donors (Lipinski definition) is 0. The molecule has 0 fully saturated rings. The monoisotopic (exact) mass is 368 g/mol. The van der Waals surface area contributed by atoms with E-state index in [1.165, 1.54) is 0 Å². The molecule has 0 spiro atoms. The largest absolute Gasteiger partial charge is 0.497 e. The molecule has 0 N–H and O–H groups in total. The highest BCUT2D eigenvalue weighted by Gasteiger charge is 2.19. The van der Waals surface area contributed by atoms with Crippen molar-refractivity contribution >= 4 is 11.1 Å². The number of rotatable bonds is 7. The van der Waals surface area contributed by atoms with E-state index in [-0.39, 0.29) is 0 Å². The van der Waals surface area contributed by atoms with Gasteiger partial charge in [-0.2, -0.15) is 0 Å². The molecular formula is C21H20O4S. The molecule has 1 unspecified atom stereocenters. The highest BCUT2D eigenvalue weighted by Crippen LogP contribution is 2.31. The van der Waals surface area contributed by atoms with Crippen molar-refractivity contribution < 1.29 is 17.9 Å². The van der Waals surface area contributed by atoms with E-state index in [1.54, 1.807) is 26.4 Å². The first-order valence-electron chi connectivity index (χ1n) is 8.13. The molecule has 3 rings (SSSR count). The van der Waals surface area contributed by atoms with Crippen molar-refractivity contribution in [3.8, 4) is 11.5 Å². The van der Waals surface area contributed by atoms with E-state index in [1.807, 2.05) is 66.7 Å². The molecule has 0 amide bonds. The lowest BCUT2D eigenvalue weighted by atomic mass is 10.0. The highest BCUT2D eigenvalue weighted by atomic mass is 32.2. The van der Waals surface area contributed by atoms with Crippen molar-refractivity contribution in [3.63, 3.8) is 0 Å². The lowest BCUT2D eigenvalue weighted by Crippen LogP contribution is -2.09. The molecular weight excluding hydrogens is 348 g/mol. The Morgan fingerprint density at radius 3 is 1.58 bits per heavy atom. The van der Waals surface area contributed by atoms with Crippen LogP contribution in [0.3, 0.4) is 0 Å². The normalized spacial score (nSPS) is 12.0. The predicted molar refractivity (Wildman–Crippen MR) is 102 cm³/mol. The number of benzene rings is 3. The smallest absolute Gasteiger partial charge is 0.190 e. The van der Waals surface area contributed by atoms with Crippen molar-refractivity contribution in [1.29, 1.82) is 0 Å². The predicted octanol–water partition coefficient (Wildman–Crippen LogP) is 4.53. The Hall–Kier alpha value is -2.63. The van der Waals surface area contributed by atoms with Gasteiger partial charge >= 0.3 is 0 Å². The van der Waals surface area contributed by atoms with Gasteiger partial charge in [-0.05, 0) is 47.5 Å². The fraction of sp³-hybridized carbons (Fsp3) is 0.143. The Kier molecular flexibility index (Phi) is 6.04. The minimum Gasteiger partial charge on any atom is -0.497 e. The zero-order valence-corrected chi connectivity index (χ0v) is 15.4. The van der Waals surface area contributed by atoms with Gasteiger partial charge in [0.1, 0.15) is 17.6 Å². The van der Waals surface area contributed by atoms with E-state index in [2.05, 4.69) is 0 Å². The van der Waals surface area contributed by atoms with Crippen LogP contribution in [-0.2, 0) is 15.3 Å². The van der Waals surface area contributed by atoms with Crippen LogP contribution in [0.25, 0.3) is 0 Å². The van der Waals surface area contributed by atoms with Crippen LogP contribution in [0.2, 0.25) is 0 Å². The van der Waals surface area contributed by atoms with Gasteiger partial charge in [0.2, 0.25) is 0 Å². The summed E-state index contributed by atoms with van der Waals surface area (Å²) < 4.78 is 29.1. The molecule has 0 aliphatic heterocycles. The number of methoxy groups -OCH3 is 2. The van der Waals surface area contributed by atoms with Crippen LogP contribution in [0.4, 0.5) is 0 Å². The topological polar surface area (TPSA) is 44.8 Å². The Labute approximate surface area is 156 Å². The molecule has 0 aromatic heterocycles. The Morgan fingerprint density at radius 2 is 1.15 bits per heavy atom. The average molecular weight is 368 g/mol. The fourth-order valence-electron chi connectivity index (χ4n) is 2.54. The van der Waals surface area contributed by atoms with Gasteiger partial charge in [0, 0.05) is 0 Å². The number of ether oxygens (including phenoxy) is 2. The van der Waals surface area contributed by atoms with Gasteiger partial charge in [-0.25, -0.2) is 4.21 Å². The Morgan fingerprint density at radius 1 is 0.692 bits per heavy atom. The summed E-state index contributed by atoms with van der Waals surface area (Å²) in [5, 5.41) is 0. The van der Waals surface area contributed by atoms with Crippen molar-refractivity contribution in [1.82, 2.24) is 0 Å². The minimum absolute atomic E-state index is 0.479. The summed E-state index contributed by atoms with van der Waals surface area (Å²) in [5.41, 5.74) is 1.78. The van der Waals surface area contributed by atoms with Crippen LogP contribution in [0, 0.1) is 0 Å². The summed E-state index contributed by atoms with van der Waals surface area (Å²) in [5.74, 6) is 1.51. The van der Waals surface area contributed by atoms with Crippen molar-refractivity contribution in [2.45, 2.75) is 11.0 Å². The van der Waals surface area contributed by atoms with Gasteiger partial charge < -0.3 is 9.47 Å². The standard InChI is InChI=1S/C21H20O4S/c1-23-18-12-8-16(9-13-18)21(17-10-14-19(24-2)15-11-17)25-26(22)20-6-4-3-5-7-20/h3-15,21H,1-2H3. The van der Waals surface area contributed by atoms with Crippen LogP contribution in [-0.4, -0.2) is 18.4 Å². The zero-order valence-electron chi connectivity index (χ0n) is 14.6. The minimum atomic E-state index is -1.59. The molecule has 5 heteroatoms. The van der Waals surface area contributed by atoms with Gasteiger partial charge in [-0.15, -0.1) is 0 Å². The molecule has 26 heavy (non-hydrogen) atoms. The SMILES string of the molecule is COc1ccc(C(OS(=O)c2ccccc2)c2ccc(OC)cc2)cc1. The van der Waals surface area contributed by atoms with Crippen LogP contribution >= 0.6 is 0 Å². The summed E-state index contributed by atoms with van der Waals surface area (Å²) in [4.78, 5) is 0.625. The fourth-order valence-corrected chi connectivity index (χ4v) is 3.42. The Balaban J connectivity index is 1.93. The molecule has 0 radical (unpaired) electrons. The lowest BCUT2D eigenvalue weighted by Gasteiger charge is -2.18. The first-order valence-corrected chi connectivity index (χ1v) is 9.20. The third kappa shape index (κ3) is 4.31. The van der Waals surface area contributed by atoms with E-state index in [0.717, 1.165) is 22.6 Å². The summed E-state index contributed by atoms with van der Waals surface area (Å²) >= 11 is -1.59. The maximum absolute atomic E-state index is 12.7. The second-order valence-electron chi connectivity index (χ2n) is 5.57. The second kappa shape index (κ2) is 8.65. The maximum Gasteiger partial charge on any atom is 0.190 e. The van der Waals surface area contributed by atoms with Crippen molar-refractivity contribution in [2.75, 3.05) is 14.2 Å². The molecule has 0 saturated carbocycles. The molecule has 0 heterocycles. The highest BCUT2D eigenvalue weighted by molar-refractivity contribution is 7.80. The van der Waals surface area contributed by atoms with Crippen LogP contribution in [0.15, 0.2) is 83.8 Å². The van der Waals surface area contributed by atoms with Gasteiger partial charge in [-0.1, -0.05) is 42.5 Å². The van der Waals surface area contributed by atoms with E-state index in [4.69, 9.17) is 13.7 Å². The van der Waals surface area contributed by atoms with Crippen LogP contribution < -0.4 is 9.47 Å². The molecule has 3 aromatic rings. The van der Waals surface area contributed by atoms with Gasteiger partial charge in [0.15, 0.2) is 11.1 Å². The van der Waals surface area contributed by atoms with Gasteiger partial charge in [0.05, 0.1) is 19.1 Å². The second-order valence-corrected chi connectivity index (χ2v) is 6.70. The van der Waals surface area contributed by atoms with Crippen LogP contribution in [0.1, 0.15) is 17.2 Å². The third-order valence-corrected chi connectivity index (χ3v) is 4.98. The molecule has 0 bridgehead atoms. The molecule has 3 aromatic carbocycles. The molecule has 0 aliphatic rings. The van der Waals surface area contributed by atoms with E-state index in [9.17, 15) is 4.21 Å². The maximum atomic E-state index is 12.7. The van der Waals surface area contributed by atoms with E-state index >= 15 is 0 Å². The molecule has 134 valence electrons. The summed E-state index contributed by atoms with van der Waals surface area (Å²) in [6, 6.07) is 24.2. The Bertz CT molecular complexity index is 798. The van der Waals surface area contributed by atoms with Gasteiger partial charge in [-0.3, -0.25) is 4.18 Å². The quantitative estimate of drug-likeness (QED) is 0.614. The lowest BCUT2D eigenvalue weighted by molar-refractivity contribution is 0.275. The molecule has 1 atom stereocenters. The molecule has 4 nitrogen and oxygen atoms in total. The zero-order chi connectivity index (χ0) is 18.4. The molecule has 0 saturated heterocycles. The van der Waals surface area contributed by atoms with Crippen molar-refractivity contribution in [3.05, 3.63) is 90.0 Å².